The van der Waals surface area contributed by atoms with Gasteiger partial charge in [-0.25, -0.2) is 8.78 Å². The first-order valence-corrected chi connectivity index (χ1v) is 5.85. The zero-order valence-corrected chi connectivity index (χ0v) is 9.81. The van der Waals surface area contributed by atoms with Crippen molar-refractivity contribution in [2.75, 3.05) is 6.54 Å². The normalized spacial score (nSPS) is 23.8. The van der Waals surface area contributed by atoms with E-state index >= 15 is 0 Å². The zero-order valence-electron chi connectivity index (χ0n) is 9.81. The number of hydrogen-bond donors (Lipinski definition) is 0. The highest BCUT2D eigenvalue weighted by Gasteiger charge is 2.40. The van der Waals surface area contributed by atoms with Crippen molar-refractivity contribution in [1.29, 1.82) is 0 Å². The summed E-state index contributed by atoms with van der Waals surface area (Å²) in [6.45, 7) is -0.324. The molecule has 2 rings (SSSR count). The van der Waals surface area contributed by atoms with E-state index in [4.69, 9.17) is 0 Å². The Hall–Kier alpha value is -1.49. The standard InChI is InChI=1S/C13H15F2NO2/c14-13(15)7-6-11(12(17)18)16(9-13)8-10-4-2-1-3-5-10/h1-5,11H,6-9H2,(H,17,18)/p-1. The van der Waals surface area contributed by atoms with E-state index in [1.807, 2.05) is 6.07 Å². The van der Waals surface area contributed by atoms with Gasteiger partial charge in [-0.1, -0.05) is 30.3 Å². The molecule has 0 spiro atoms. The van der Waals surface area contributed by atoms with Gasteiger partial charge in [-0.05, 0) is 12.0 Å². The topological polar surface area (TPSA) is 43.4 Å². The van der Waals surface area contributed by atoms with Gasteiger partial charge in [-0.3, -0.25) is 4.90 Å². The molecule has 3 nitrogen and oxygen atoms in total. The Bertz CT molecular complexity index is 422. The number of likely N-dealkylation sites (tertiary alicyclic amines) is 1. The summed E-state index contributed by atoms with van der Waals surface area (Å²) in [4.78, 5) is 12.3. The van der Waals surface area contributed by atoms with E-state index in [9.17, 15) is 18.7 Å². The Balaban J connectivity index is 2.13. The third kappa shape index (κ3) is 3.04. The Morgan fingerprint density at radius 3 is 2.67 bits per heavy atom. The minimum Gasteiger partial charge on any atom is -0.548 e. The van der Waals surface area contributed by atoms with Crippen LogP contribution in [-0.2, 0) is 11.3 Å². The molecule has 1 aliphatic heterocycles. The lowest BCUT2D eigenvalue weighted by atomic mass is 9.98. The predicted molar refractivity (Wildman–Crippen MR) is 59.8 cm³/mol. The number of alkyl halides is 2. The van der Waals surface area contributed by atoms with Crippen molar-refractivity contribution < 1.29 is 18.7 Å². The molecule has 1 saturated heterocycles. The van der Waals surface area contributed by atoms with Crippen molar-refractivity contribution in [3.8, 4) is 0 Å². The van der Waals surface area contributed by atoms with Crippen LogP contribution in [0.2, 0.25) is 0 Å². The lowest BCUT2D eigenvalue weighted by molar-refractivity contribution is -0.314. The highest BCUT2D eigenvalue weighted by Crippen LogP contribution is 2.31. The second kappa shape index (κ2) is 5.02. The largest absolute Gasteiger partial charge is 0.548 e. The van der Waals surface area contributed by atoms with Crippen LogP contribution in [0.25, 0.3) is 0 Å². The highest BCUT2D eigenvalue weighted by atomic mass is 19.3. The van der Waals surface area contributed by atoms with E-state index in [2.05, 4.69) is 0 Å². The summed E-state index contributed by atoms with van der Waals surface area (Å²) in [5.74, 6) is -4.10. The maximum atomic E-state index is 13.3. The van der Waals surface area contributed by atoms with Crippen molar-refractivity contribution in [3.63, 3.8) is 0 Å². The van der Waals surface area contributed by atoms with Gasteiger partial charge in [0.15, 0.2) is 0 Å². The van der Waals surface area contributed by atoms with E-state index in [1.54, 1.807) is 24.3 Å². The summed E-state index contributed by atoms with van der Waals surface area (Å²) in [5.41, 5.74) is 0.821. The Morgan fingerprint density at radius 1 is 1.39 bits per heavy atom. The summed E-state index contributed by atoms with van der Waals surface area (Å²) in [7, 11) is 0. The van der Waals surface area contributed by atoms with Crippen LogP contribution in [0.15, 0.2) is 30.3 Å². The van der Waals surface area contributed by atoms with Crippen molar-refractivity contribution in [3.05, 3.63) is 35.9 Å². The number of aliphatic carboxylic acids is 1. The molecule has 18 heavy (non-hydrogen) atoms. The summed E-state index contributed by atoms with van der Waals surface area (Å²) in [6, 6.07) is 8.07. The van der Waals surface area contributed by atoms with Crippen LogP contribution < -0.4 is 5.11 Å². The Labute approximate surface area is 104 Å². The number of carbonyl (C=O) groups is 1. The number of rotatable bonds is 3. The molecule has 0 saturated carbocycles. The van der Waals surface area contributed by atoms with E-state index in [-0.39, 0.29) is 13.0 Å². The molecular formula is C13H14F2NO2-. The summed E-state index contributed by atoms with van der Waals surface area (Å²) < 4.78 is 26.7. The van der Waals surface area contributed by atoms with Crippen LogP contribution in [0.4, 0.5) is 8.78 Å². The van der Waals surface area contributed by atoms with Crippen LogP contribution >= 0.6 is 0 Å². The molecule has 0 aromatic heterocycles. The van der Waals surface area contributed by atoms with Crippen molar-refractivity contribution in [1.82, 2.24) is 4.90 Å². The molecule has 1 aliphatic rings. The van der Waals surface area contributed by atoms with E-state index in [1.165, 1.54) is 4.90 Å². The predicted octanol–water partition coefficient (Wildman–Crippen LogP) is 1.04. The van der Waals surface area contributed by atoms with Crippen LogP contribution in [0.3, 0.4) is 0 Å². The van der Waals surface area contributed by atoms with Crippen LogP contribution in [0, 0.1) is 0 Å². The van der Waals surface area contributed by atoms with Crippen molar-refractivity contribution in [2.45, 2.75) is 31.4 Å². The minimum absolute atomic E-state index is 0.0673. The number of nitrogens with zero attached hydrogens (tertiary/aromatic N) is 1. The Morgan fingerprint density at radius 2 is 2.06 bits per heavy atom. The highest BCUT2D eigenvalue weighted by molar-refractivity contribution is 5.71. The van der Waals surface area contributed by atoms with Crippen LogP contribution in [-0.4, -0.2) is 29.4 Å². The van der Waals surface area contributed by atoms with E-state index in [0.29, 0.717) is 0 Å². The molecule has 98 valence electrons. The number of hydrogen-bond acceptors (Lipinski definition) is 3. The number of piperidine rings is 1. The van der Waals surface area contributed by atoms with Gasteiger partial charge in [0.25, 0.3) is 5.92 Å². The molecule has 0 amide bonds. The molecule has 0 bridgehead atoms. The average molecular weight is 254 g/mol. The maximum Gasteiger partial charge on any atom is 0.260 e. The van der Waals surface area contributed by atoms with E-state index in [0.717, 1.165) is 5.56 Å². The third-order valence-electron chi connectivity index (χ3n) is 3.16. The number of benzene rings is 1. The molecule has 0 N–H and O–H groups in total. The fourth-order valence-corrected chi connectivity index (χ4v) is 2.27. The smallest absolute Gasteiger partial charge is 0.260 e. The second-order valence-electron chi connectivity index (χ2n) is 4.62. The zero-order chi connectivity index (χ0) is 13.2. The first-order valence-electron chi connectivity index (χ1n) is 5.85. The average Bonchev–Trinajstić information content (AvgIpc) is 2.28. The molecule has 1 aromatic carbocycles. The number of carbonyl (C=O) groups excluding carboxylic acids is 1. The SMILES string of the molecule is O=C([O-])C1CCC(F)(F)CN1Cc1ccccc1. The van der Waals surface area contributed by atoms with Gasteiger partial charge >= 0.3 is 0 Å². The lowest BCUT2D eigenvalue weighted by Gasteiger charge is -2.39. The van der Waals surface area contributed by atoms with Gasteiger partial charge in [0.1, 0.15) is 0 Å². The number of carboxylic acid groups (broad SMARTS) is 1. The third-order valence-corrected chi connectivity index (χ3v) is 3.16. The maximum absolute atomic E-state index is 13.3. The summed E-state index contributed by atoms with van der Waals surface area (Å²) >= 11 is 0. The molecule has 1 atom stereocenters. The molecule has 5 heteroatoms. The number of halogens is 2. The molecule has 0 aliphatic carbocycles. The molecule has 0 radical (unpaired) electrons. The van der Waals surface area contributed by atoms with Gasteiger partial charge in [0, 0.05) is 13.0 Å². The quantitative estimate of drug-likeness (QED) is 0.809. The van der Waals surface area contributed by atoms with E-state index < -0.39 is 30.9 Å². The fourth-order valence-electron chi connectivity index (χ4n) is 2.27. The lowest BCUT2D eigenvalue weighted by Crippen LogP contribution is -2.55. The Kier molecular flexibility index (Phi) is 3.61. The minimum atomic E-state index is -2.82. The molecule has 1 fully saturated rings. The fraction of sp³-hybridized carbons (Fsp3) is 0.462. The summed E-state index contributed by atoms with van der Waals surface area (Å²) in [5, 5.41) is 11.0. The van der Waals surface area contributed by atoms with Gasteiger partial charge in [-0.15, -0.1) is 0 Å². The molecule has 1 aromatic rings. The van der Waals surface area contributed by atoms with Crippen molar-refractivity contribution >= 4 is 5.97 Å². The van der Waals surface area contributed by atoms with Crippen molar-refractivity contribution in [2.24, 2.45) is 0 Å². The van der Waals surface area contributed by atoms with Gasteiger partial charge < -0.3 is 9.90 Å². The second-order valence-corrected chi connectivity index (χ2v) is 4.62. The van der Waals surface area contributed by atoms with Gasteiger partial charge in [0.05, 0.1) is 18.6 Å². The monoisotopic (exact) mass is 254 g/mol. The van der Waals surface area contributed by atoms with Gasteiger partial charge in [0.2, 0.25) is 0 Å². The molecular weight excluding hydrogens is 240 g/mol. The van der Waals surface area contributed by atoms with Gasteiger partial charge in [-0.2, -0.15) is 0 Å². The molecule has 1 heterocycles. The number of carboxylic acids is 1. The summed E-state index contributed by atoms with van der Waals surface area (Å²) in [6.07, 6.45) is -0.459. The van der Waals surface area contributed by atoms with Crippen LogP contribution in [0.1, 0.15) is 18.4 Å². The molecule has 1 unspecified atom stereocenters. The first-order chi connectivity index (χ1) is 8.48. The first kappa shape index (κ1) is 13.0. The van der Waals surface area contributed by atoms with Crippen LogP contribution in [0.5, 0.6) is 0 Å².